The van der Waals surface area contributed by atoms with Crippen LogP contribution in [0, 0.1) is 5.95 Å². The van der Waals surface area contributed by atoms with Gasteiger partial charge in [0.25, 0.3) is 0 Å². The minimum Gasteiger partial charge on any atom is -0.363 e. The van der Waals surface area contributed by atoms with Gasteiger partial charge < -0.3 is 10.2 Å². The van der Waals surface area contributed by atoms with Crippen LogP contribution in [-0.2, 0) is 0 Å². The molecule has 2 aliphatic heterocycles. The molecule has 1 N–H and O–H groups in total. The Morgan fingerprint density at radius 2 is 2.12 bits per heavy atom. The number of nitrogens with zero attached hydrogens (tertiary/aromatic N) is 2. The quantitative estimate of drug-likeness (QED) is 0.729. The molecule has 3 nitrogen and oxygen atoms in total. The van der Waals surface area contributed by atoms with E-state index in [1.165, 1.54) is 25.3 Å². The first-order valence-electron chi connectivity index (χ1n) is 5.95. The van der Waals surface area contributed by atoms with E-state index >= 15 is 0 Å². The Balaban J connectivity index is 1.90. The maximum atomic E-state index is 12.8. The molecule has 2 fully saturated rings. The van der Waals surface area contributed by atoms with Gasteiger partial charge in [0.1, 0.15) is 0 Å². The van der Waals surface area contributed by atoms with Gasteiger partial charge in [-0.15, -0.1) is 0 Å². The van der Waals surface area contributed by atoms with Crippen LogP contribution < -0.4 is 10.2 Å². The highest BCUT2D eigenvalue weighted by molar-refractivity contribution is 5.48. The van der Waals surface area contributed by atoms with Crippen LogP contribution in [0.4, 0.5) is 10.1 Å². The van der Waals surface area contributed by atoms with Gasteiger partial charge >= 0.3 is 0 Å². The highest BCUT2D eigenvalue weighted by Crippen LogP contribution is 2.32. The number of anilines is 1. The predicted octanol–water partition coefficient (Wildman–Crippen LogP) is 1.55. The lowest BCUT2D eigenvalue weighted by Gasteiger charge is -2.29. The van der Waals surface area contributed by atoms with Gasteiger partial charge in [-0.25, -0.2) is 4.98 Å². The molecule has 0 amide bonds. The van der Waals surface area contributed by atoms with Gasteiger partial charge in [0.05, 0.1) is 11.9 Å². The van der Waals surface area contributed by atoms with Gasteiger partial charge in [-0.3, -0.25) is 0 Å². The maximum absolute atomic E-state index is 12.8. The van der Waals surface area contributed by atoms with Crippen LogP contribution in [0.5, 0.6) is 0 Å². The van der Waals surface area contributed by atoms with Gasteiger partial charge in [-0.2, -0.15) is 4.39 Å². The molecule has 0 aromatic carbocycles. The zero-order chi connectivity index (χ0) is 11.0. The van der Waals surface area contributed by atoms with Crippen LogP contribution in [0.1, 0.15) is 19.3 Å². The SMILES string of the molecule is Fc1ccc(N2[C@@H]3CCNC[C@H]2CC3)cn1. The molecule has 0 spiro atoms. The first kappa shape index (κ1) is 10.0. The van der Waals surface area contributed by atoms with Crippen molar-refractivity contribution in [3.63, 3.8) is 0 Å². The number of fused-ring (bicyclic) bond motifs is 2. The predicted molar refractivity (Wildman–Crippen MR) is 61.0 cm³/mol. The second-order valence-corrected chi connectivity index (χ2v) is 4.62. The average Bonchev–Trinajstić information content (AvgIpc) is 2.53. The van der Waals surface area contributed by atoms with E-state index in [-0.39, 0.29) is 0 Å². The van der Waals surface area contributed by atoms with Crippen molar-refractivity contribution >= 4 is 5.69 Å². The fraction of sp³-hybridized carbons (Fsp3) is 0.583. The Morgan fingerprint density at radius 1 is 1.25 bits per heavy atom. The van der Waals surface area contributed by atoms with Gasteiger partial charge in [0, 0.05) is 18.6 Å². The maximum Gasteiger partial charge on any atom is 0.212 e. The molecule has 3 heterocycles. The van der Waals surface area contributed by atoms with Crippen molar-refractivity contribution in [2.24, 2.45) is 0 Å². The van der Waals surface area contributed by atoms with E-state index in [0.29, 0.717) is 12.1 Å². The van der Waals surface area contributed by atoms with Crippen LogP contribution in [0.2, 0.25) is 0 Å². The molecule has 4 heteroatoms. The highest BCUT2D eigenvalue weighted by Gasteiger charge is 2.34. The molecule has 2 bridgehead atoms. The van der Waals surface area contributed by atoms with Gasteiger partial charge in [0.15, 0.2) is 0 Å². The zero-order valence-corrected chi connectivity index (χ0v) is 9.19. The molecule has 1 aromatic heterocycles. The largest absolute Gasteiger partial charge is 0.363 e. The Hall–Kier alpha value is -1.16. The Labute approximate surface area is 94.7 Å². The van der Waals surface area contributed by atoms with Crippen molar-refractivity contribution in [3.8, 4) is 0 Å². The summed E-state index contributed by atoms with van der Waals surface area (Å²) in [5.41, 5.74) is 1.07. The van der Waals surface area contributed by atoms with Crippen molar-refractivity contribution in [1.82, 2.24) is 10.3 Å². The topological polar surface area (TPSA) is 28.2 Å². The van der Waals surface area contributed by atoms with Crippen LogP contribution in [0.15, 0.2) is 18.3 Å². The summed E-state index contributed by atoms with van der Waals surface area (Å²) < 4.78 is 12.8. The standard InChI is InChI=1S/C12H16FN3/c13-12-4-3-11(8-15-12)16-9-1-2-10(16)7-14-6-5-9/h3-4,8-10,14H,1-2,5-7H2/t9-,10+/m0/s1. The number of aromatic nitrogens is 1. The molecule has 0 unspecified atom stereocenters. The van der Waals surface area contributed by atoms with Crippen molar-refractivity contribution in [3.05, 3.63) is 24.3 Å². The Bertz CT molecular complexity index is 351. The summed E-state index contributed by atoms with van der Waals surface area (Å²) in [6, 6.07) is 4.46. The van der Waals surface area contributed by atoms with Crippen molar-refractivity contribution in [1.29, 1.82) is 0 Å². The summed E-state index contributed by atoms with van der Waals surface area (Å²) in [4.78, 5) is 6.18. The summed E-state index contributed by atoms with van der Waals surface area (Å²) in [5.74, 6) is -0.399. The molecule has 86 valence electrons. The molecule has 2 aliphatic rings. The molecule has 0 aliphatic carbocycles. The number of halogens is 1. The highest BCUT2D eigenvalue weighted by atomic mass is 19.1. The number of nitrogens with one attached hydrogen (secondary N) is 1. The summed E-state index contributed by atoms with van der Waals surface area (Å²) >= 11 is 0. The molecule has 1 aromatic rings. The van der Waals surface area contributed by atoms with E-state index in [1.54, 1.807) is 6.20 Å². The molecule has 3 rings (SSSR count). The van der Waals surface area contributed by atoms with Crippen molar-refractivity contribution in [2.75, 3.05) is 18.0 Å². The molecule has 0 radical (unpaired) electrons. The third-order valence-corrected chi connectivity index (χ3v) is 3.66. The first-order chi connectivity index (χ1) is 7.84. The minimum atomic E-state index is -0.399. The smallest absolute Gasteiger partial charge is 0.212 e. The van der Waals surface area contributed by atoms with Crippen LogP contribution in [-0.4, -0.2) is 30.2 Å². The second-order valence-electron chi connectivity index (χ2n) is 4.62. The second kappa shape index (κ2) is 4.01. The molecular weight excluding hydrogens is 205 g/mol. The average molecular weight is 221 g/mol. The first-order valence-corrected chi connectivity index (χ1v) is 5.95. The number of pyridine rings is 1. The van der Waals surface area contributed by atoms with Gasteiger partial charge in [0.2, 0.25) is 5.95 Å². The summed E-state index contributed by atoms with van der Waals surface area (Å²) in [6.07, 6.45) is 5.32. The van der Waals surface area contributed by atoms with Crippen molar-refractivity contribution < 1.29 is 4.39 Å². The minimum absolute atomic E-state index is 0.399. The number of hydrogen-bond donors (Lipinski definition) is 1. The van der Waals surface area contributed by atoms with Gasteiger partial charge in [-0.1, -0.05) is 0 Å². The Morgan fingerprint density at radius 3 is 2.94 bits per heavy atom. The number of rotatable bonds is 1. The lowest BCUT2D eigenvalue weighted by atomic mass is 10.1. The van der Waals surface area contributed by atoms with E-state index in [4.69, 9.17) is 0 Å². The molecular formula is C12H16FN3. The molecule has 2 saturated heterocycles. The van der Waals surface area contributed by atoms with Crippen LogP contribution in [0.25, 0.3) is 0 Å². The van der Waals surface area contributed by atoms with Crippen LogP contribution in [0.3, 0.4) is 0 Å². The number of hydrogen-bond acceptors (Lipinski definition) is 3. The summed E-state index contributed by atoms with van der Waals surface area (Å²) in [6.45, 7) is 2.13. The van der Waals surface area contributed by atoms with E-state index in [1.807, 2.05) is 6.07 Å². The van der Waals surface area contributed by atoms with E-state index in [0.717, 1.165) is 18.8 Å². The molecule has 0 saturated carbocycles. The fourth-order valence-corrected chi connectivity index (χ4v) is 2.92. The lowest BCUT2D eigenvalue weighted by Crippen LogP contribution is -2.38. The summed E-state index contributed by atoms with van der Waals surface area (Å²) in [7, 11) is 0. The molecule has 2 atom stereocenters. The van der Waals surface area contributed by atoms with E-state index in [9.17, 15) is 4.39 Å². The lowest BCUT2D eigenvalue weighted by molar-refractivity contribution is 0.567. The normalized spacial score (nSPS) is 29.2. The van der Waals surface area contributed by atoms with Crippen LogP contribution >= 0.6 is 0 Å². The van der Waals surface area contributed by atoms with E-state index in [2.05, 4.69) is 15.2 Å². The van der Waals surface area contributed by atoms with Crippen molar-refractivity contribution in [2.45, 2.75) is 31.3 Å². The molecule has 16 heavy (non-hydrogen) atoms. The van der Waals surface area contributed by atoms with E-state index < -0.39 is 5.95 Å². The zero-order valence-electron chi connectivity index (χ0n) is 9.19. The fourth-order valence-electron chi connectivity index (χ4n) is 2.92. The monoisotopic (exact) mass is 221 g/mol. The Kier molecular flexibility index (Phi) is 2.52. The summed E-state index contributed by atoms with van der Waals surface area (Å²) in [5, 5.41) is 3.45. The van der Waals surface area contributed by atoms with Gasteiger partial charge in [-0.05, 0) is 37.9 Å². The third kappa shape index (κ3) is 1.67. The third-order valence-electron chi connectivity index (χ3n) is 3.66.